The van der Waals surface area contributed by atoms with E-state index in [2.05, 4.69) is 43.3 Å². The Morgan fingerprint density at radius 3 is 2.20 bits per heavy atom. The molecule has 1 fully saturated rings. The summed E-state index contributed by atoms with van der Waals surface area (Å²) in [5, 5.41) is 0. The van der Waals surface area contributed by atoms with Crippen LogP contribution in [0.4, 0.5) is 13.2 Å². The summed E-state index contributed by atoms with van der Waals surface area (Å²) in [7, 11) is 0. The Morgan fingerprint density at radius 2 is 1.53 bits per heavy atom. The number of hydrogen-bond acceptors (Lipinski definition) is 0. The van der Waals surface area contributed by atoms with E-state index in [9.17, 15) is 13.2 Å². The first-order valence-electron chi connectivity index (χ1n) is 11.4. The molecule has 1 saturated carbocycles. The number of rotatable bonds is 5. The summed E-state index contributed by atoms with van der Waals surface area (Å²) in [6.07, 6.45) is 13.9. The molecule has 0 aromatic heterocycles. The van der Waals surface area contributed by atoms with Crippen molar-refractivity contribution in [3.8, 4) is 0 Å². The largest absolute Gasteiger partial charge is 0.204 e. The van der Waals surface area contributed by atoms with E-state index >= 15 is 0 Å². The van der Waals surface area contributed by atoms with Crippen LogP contribution >= 0.6 is 0 Å². The average Bonchev–Trinajstić information content (AvgIpc) is 2.78. The van der Waals surface area contributed by atoms with Crippen molar-refractivity contribution in [2.45, 2.75) is 76.5 Å². The smallest absolute Gasteiger partial charge is 0.194 e. The zero-order valence-corrected chi connectivity index (χ0v) is 17.8. The van der Waals surface area contributed by atoms with Crippen molar-refractivity contribution in [3.63, 3.8) is 0 Å². The van der Waals surface area contributed by atoms with Crippen LogP contribution in [0.1, 0.15) is 86.0 Å². The Bertz CT molecular complexity index is 889. The van der Waals surface area contributed by atoms with Crippen molar-refractivity contribution in [1.82, 2.24) is 0 Å². The van der Waals surface area contributed by atoms with Crippen LogP contribution in [0.5, 0.6) is 0 Å². The number of benzene rings is 2. The third-order valence-corrected chi connectivity index (χ3v) is 7.27. The van der Waals surface area contributed by atoms with Gasteiger partial charge < -0.3 is 0 Å². The Morgan fingerprint density at radius 1 is 0.867 bits per heavy atom. The highest BCUT2D eigenvalue weighted by atomic mass is 19.2. The van der Waals surface area contributed by atoms with Crippen LogP contribution in [-0.2, 0) is 12.8 Å². The van der Waals surface area contributed by atoms with Crippen molar-refractivity contribution in [3.05, 3.63) is 82.2 Å². The minimum Gasteiger partial charge on any atom is -0.204 e. The molecule has 4 rings (SSSR count). The molecule has 2 aliphatic carbocycles. The summed E-state index contributed by atoms with van der Waals surface area (Å²) >= 11 is 0. The van der Waals surface area contributed by atoms with Crippen LogP contribution in [0.2, 0.25) is 0 Å². The number of halogens is 3. The normalized spacial score (nSPS) is 24.2. The van der Waals surface area contributed by atoms with Crippen LogP contribution < -0.4 is 0 Å². The van der Waals surface area contributed by atoms with E-state index in [1.807, 2.05) is 0 Å². The predicted molar refractivity (Wildman–Crippen MR) is 116 cm³/mol. The Labute approximate surface area is 178 Å². The minimum atomic E-state index is -1.34. The molecule has 0 nitrogen and oxygen atoms in total. The first-order valence-corrected chi connectivity index (χ1v) is 11.4. The maximum atomic E-state index is 14.0. The molecule has 160 valence electrons. The maximum absolute atomic E-state index is 14.0. The molecule has 0 N–H and O–H groups in total. The lowest BCUT2D eigenvalue weighted by atomic mass is 9.76. The fourth-order valence-corrected chi connectivity index (χ4v) is 5.43. The molecule has 0 aliphatic heterocycles. The highest BCUT2D eigenvalue weighted by molar-refractivity contribution is 5.37. The third-order valence-electron chi connectivity index (χ3n) is 7.27. The Hall–Kier alpha value is -2.03. The van der Waals surface area contributed by atoms with E-state index in [1.165, 1.54) is 55.7 Å². The lowest BCUT2D eigenvalue weighted by molar-refractivity contribution is 0.312. The van der Waals surface area contributed by atoms with Gasteiger partial charge in [-0.3, -0.25) is 0 Å². The summed E-state index contributed by atoms with van der Waals surface area (Å²) in [6.45, 7) is 2.09. The number of hydrogen-bond donors (Lipinski definition) is 0. The zero-order valence-electron chi connectivity index (χ0n) is 17.8. The van der Waals surface area contributed by atoms with Gasteiger partial charge in [-0.05, 0) is 111 Å². The molecular formula is C27H31F3. The van der Waals surface area contributed by atoms with Gasteiger partial charge >= 0.3 is 0 Å². The molecule has 2 aromatic rings. The van der Waals surface area contributed by atoms with E-state index in [0.717, 1.165) is 12.3 Å². The fourth-order valence-electron chi connectivity index (χ4n) is 5.43. The molecule has 0 spiro atoms. The van der Waals surface area contributed by atoms with E-state index < -0.39 is 17.5 Å². The van der Waals surface area contributed by atoms with Gasteiger partial charge in [0, 0.05) is 0 Å². The van der Waals surface area contributed by atoms with Crippen LogP contribution in [-0.4, -0.2) is 0 Å². The van der Waals surface area contributed by atoms with E-state index in [0.29, 0.717) is 29.9 Å². The van der Waals surface area contributed by atoms with Crippen LogP contribution in [0.25, 0.3) is 0 Å². The second-order valence-electron chi connectivity index (χ2n) is 9.09. The third kappa shape index (κ3) is 4.50. The first kappa shape index (κ1) is 21.2. The molecule has 0 radical (unpaired) electrons. The van der Waals surface area contributed by atoms with Crippen molar-refractivity contribution < 1.29 is 13.2 Å². The molecular weight excluding hydrogens is 381 g/mol. The Kier molecular flexibility index (Phi) is 6.65. The molecule has 2 aromatic carbocycles. The molecule has 0 bridgehead atoms. The Balaban J connectivity index is 1.38. The highest BCUT2D eigenvalue weighted by Gasteiger charge is 2.27. The minimum absolute atomic E-state index is 0.234. The highest BCUT2D eigenvalue weighted by Crippen LogP contribution is 2.39. The molecule has 2 aliphatic rings. The molecule has 30 heavy (non-hydrogen) atoms. The summed E-state index contributed by atoms with van der Waals surface area (Å²) in [4.78, 5) is 0. The van der Waals surface area contributed by atoms with Crippen LogP contribution in [0.3, 0.4) is 0 Å². The molecule has 0 amide bonds. The fraction of sp³-hybridized carbons (Fsp3) is 0.481. The standard InChI is InChI=1S/C27H31F3/c1-2-3-4-5-18-6-8-19(9-7-18)20-10-12-21(13-11-20)22-14-15-24-23(16-22)17-25(28)27(30)26(24)29/h2-3,10-13,17-19,22H,4-9,14-16H2,1H3/b3-2+. The summed E-state index contributed by atoms with van der Waals surface area (Å²) in [5.74, 6) is -1.67. The van der Waals surface area contributed by atoms with E-state index in [-0.39, 0.29) is 5.92 Å². The van der Waals surface area contributed by atoms with E-state index in [1.54, 1.807) is 0 Å². The van der Waals surface area contributed by atoms with Gasteiger partial charge in [0.1, 0.15) is 0 Å². The maximum Gasteiger partial charge on any atom is 0.194 e. The lowest BCUT2D eigenvalue weighted by Crippen LogP contribution is -2.16. The van der Waals surface area contributed by atoms with Crippen LogP contribution in [0, 0.1) is 23.4 Å². The molecule has 0 heterocycles. The monoisotopic (exact) mass is 412 g/mol. The first-order chi connectivity index (χ1) is 14.6. The van der Waals surface area contributed by atoms with Crippen molar-refractivity contribution in [2.24, 2.45) is 5.92 Å². The van der Waals surface area contributed by atoms with Crippen LogP contribution in [0.15, 0.2) is 42.5 Å². The quantitative estimate of drug-likeness (QED) is 0.345. The van der Waals surface area contributed by atoms with Gasteiger partial charge in [-0.25, -0.2) is 13.2 Å². The van der Waals surface area contributed by atoms with Gasteiger partial charge in [-0.15, -0.1) is 0 Å². The predicted octanol–water partition coefficient (Wildman–Crippen LogP) is 8.01. The summed E-state index contributed by atoms with van der Waals surface area (Å²) < 4.78 is 41.2. The topological polar surface area (TPSA) is 0 Å². The lowest BCUT2D eigenvalue weighted by Gasteiger charge is -2.29. The number of allylic oxidation sites excluding steroid dienone is 2. The summed E-state index contributed by atoms with van der Waals surface area (Å²) in [6, 6.07) is 10.1. The molecule has 0 saturated heterocycles. The second kappa shape index (κ2) is 9.41. The van der Waals surface area contributed by atoms with E-state index in [4.69, 9.17) is 0 Å². The molecule has 3 heteroatoms. The molecule has 1 atom stereocenters. The van der Waals surface area contributed by atoms with Gasteiger partial charge in [0.15, 0.2) is 17.5 Å². The molecule has 1 unspecified atom stereocenters. The van der Waals surface area contributed by atoms with Gasteiger partial charge in [0.25, 0.3) is 0 Å². The van der Waals surface area contributed by atoms with Gasteiger partial charge in [-0.2, -0.15) is 0 Å². The van der Waals surface area contributed by atoms with Gasteiger partial charge in [0.05, 0.1) is 0 Å². The average molecular weight is 413 g/mol. The SMILES string of the molecule is C/C=C/CCC1CCC(c2ccc(C3CCc4c(cc(F)c(F)c4F)C3)cc2)CC1. The number of fused-ring (bicyclic) bond motifs is 1. The zero-order chi connectivity index (χ0) is 21.1. The van der Waals surface area contributed by atoms with Gasteiger partial charge in [-0.1, -0.05) is 36.4 Å². The van der Waals surface area contributed by atoms with Gasteiger partial charge in [0.2, 0.25) is 0 Å². The van der Waals surface area contributed by atoms with Crippen molar-refractivity contribution >= 4 is 0 Å². The second-order valence-corrected chi connectivity index (χ2v) is 9.09. The van der Waals surface area contributed by atoms with Crippen molar-refractivity contribution in [1.29, 1.82) is 0 Å². The summed E-state index contributed by atoms with van der Waals surface area (Å²) in [5.41, 5.74) is 3.60. The van der Waals surface area contributed by atoms with Crippen molar-refractivity contribution in [2.75, 3.05) is 0 Å².